The molecule has 1 aliphatic rings. The maximum absolute atomic E-state index is 13.9. The molecule has 3 aromatic carbocycles. The van der Waals surface area contributed by atoms with Crippen LogP contribution in [0.4, 0.5) is 10.1 Å². The first-order valence-corrected chi connectivity index (χ1v) is 9.41. The molecule has 1 aliphatic heterocycles. The van der Waals surface area contributed by atoms with Gasteiger partial charge in [0.05, 0.1) is 34.0 Å². The van der Waals surface area contributed by atoms with E-state index in [2.05, 4.69) is 0 Å². The number of amides is 2. The summed E-state index contributed by atoms with van der Waals surface area (Å²) in [6, 6.07) is 15.8. The largest absolute Gasteiger partial charge is 0.457 e. The van der Waals surface area contributed by atoms with Gasteiger partial charge in [0.1, 0.15) is 12.4 Å². The summed E-state index contributed by atoms with van der Waals surface area (Å²) in [5, 5.41) is 9.37. The van der Waals surface area contributed by atoms with Gasteiger partial charge in [0.25, 0.3) is 11.8 Å². The Morgan fingerprint density at radius 3 is 2.42 bits per heavy atom. The summed E-state index contributed by atoms with van der Waals surface area (Å²) in [6.45, 7) is -0.388. The Hall–Kier alpha value is -4.02. The van der Waals surface area contributed by atoms with Gasteiger partial charge < -0.3 is 4.74 Å². The van der Waals surface area contributed by atoms with Crippen molar-refractivity contribution in [3.05, 3.63) is 99.3 Å². The highest BCUT2D eigenvalue weighted by atomic mass is 35.5. The zero-order chi connectivity index (χ0) is 22.1. The Balaban J connectivity index is 1.55. The van der Waals surface area contributed by atoms with Crippen LogP contribution in [0.3, 0.4) is 0 Å². The molecule has 6 nitrogen and oxygen atoms in total. The third-order valence-corrected chi connectivity index (χ3v) is 4.99. The smallest absolute Gasteiger partial charge is 0.338 e. The van der Waals surface area contributed by atoms with E-state index >= 15 is 0 Å². The summed E-state index contributed by atoms with van der Waals surface area (Å²) in [4.78, 5) is 38.9. The number of imide groups is 1. The highest BCUT2D eigenvalue weighted by Gasteiger charge is 2.37. The van der Waals surface area contributed by atoms with Crippen molar-refractivity contribution in [3.8, 4) is 6.07 Å². The zero-order valence-corrected chi connectivity index (χ0v) is 16.5. The van der Waals surface area contributed by atoms with E-state index in [4.69, 9.17) is 21.6 Å². The third-order valence-electron chi connectivity index (χ3n) is 4.74. The molecule has 152 valence electrons. The molecule has 8 heteroatoms. The van der Waals surface area contributed by atoms with Crippen molar-refractivity contribution in [1.29, 1.82) is 5.26 Å². The second-order valence-electron chi connectivity index (χ2n) is 6.68. The number of anilines is 1. The number of nitrogens with zero attached hydrogens (tertiary/aromatic N) is 2. The van der Waals surface area contributed by atoms with Gasteiger partial charge in [-0.05, 0) is 60.7 Å². The lowest BCUT2D eigenvalue weighted by Gasteiger charge is -2.13. The number of carbonyl (C=O) groups is 3. The SMILES string of the molecule is N#Cc1ccc(F)c(COC(=O)c2ccc3c(c2)C(=O)N(c2ccc(Cl)cc2)C3=O)c1. The van der Waals surface area contributed by atoms with Crippen molar-refractivity contribution in [3.63, 3.8) is 0 Å². The quantitative estimate of drug-likeness (QED) is 0.445. The lowest BCUT2D eigenvalue weighted by Crippen LogP contribution is -2.29. The van der Waals surface area contributed by atoms with Crippen LogP contribution in [-0.2, 0) is 11.3 Å². The van der Waals surface area contributed by atoms with Gasteiger partial charge in [0.2, 0.25) is 0 Å². The number of fused-ring (bicyclic) bond motifs is 1. The van der Waals surface area contributed by atoms with Crippen molar-refractivity contribution in [2.75, 3.05) is 4.90 Å². The lowest BCUT2D eigenvalue weighted by atomic mass is 10.1. The van der Waals surface area contributed by atoms with Crippen LogP contribution in [0, 0.1) is 17.1 Å². The number of hydrogen-bond acceptors (Lipinski definition) is 5. The Kier molecular flexibility index (Phi) is 5.24. The van der Waals surface area contributed by atoms with Gasteiger partial charge in [0, 0.05) is 10.6 Å². The van der Waals surface area contributed by atoms with E-state index in [0.29, 0.717) is 10.7 Å². The van der Waals surface area contributed by atoms with Gasteiger partial charge in [-0.1, -0.05) is 11.6 Å². The lowest BCUT2D eigenvalue weighted by molar-refractivity contribution is 0.0468. The molecule has 0 fully saturated rings. The Labute approximate surface area is 181 Å². The molecule has 1 heterocycles. The van der Waals surface area contributed by atoms with Gasteiger partial charge in [-0.2, -0.15) is 5.26 Å². The van der Waals surface area contributed by atoms with Crippen LogP contribution in [0.15, 0.2) is 60.7 Å². The zero-order valence-electron chi connectivity index (χ0n) is 15.8. The number of nitriles is 1. The molecule has 0 saturated heterocycles. The fraction of sp³-hybridized carbons (Fsp3) is 0.0435. The van der Waals surface area contributed by atoms with Crippen LogP contribution in [-0.4, -0.2) is 17.8 Å². The fourth-order valence-electron chi connectivity index (χ4n) is 3.17. The summed E-state index contributed by atoms with van der Waals surface area (Å²) < 4.78 is 19.0. The molecular weight excluding hydrogens is 423 g/mol. The number of hydrogen-bond donors (Lipinski definition) is 0. The molecule has 0 spiro atoms. The minimum Gasteiger partial charge on any atom is -0.457 e. The molecule has 0 bridgehead atoms. The number of halogens is 2. The van der Waals surface area contributed by atoms with E-state index in [1.54, 1.807) is 24.3 Å². The minimum absolute atomic E-state index is 0.0368. The first-order chi connectivity index (χ1) is 14.9. The molecule has 31 heavy (non-hydrogen) atoms. The Morgan fingerprint density at radius 1 is 1.00 bits per heavy atom. The van der Waals surface area contributed by atoms with Crippen molar-refractivity contribution < 1.29 is 23.5 Å². The summed E-state index contributed by atoms with van der Waals surface area (Å²) >= 11 is 5.86. The molecular formula is C23H12ClFN2O4. The number of ether oxygens (including phenoxy) is 1. The standard InChI is InChI=1S/C23H12ClFN2O4/c24-16-3-5-17(6-4-16)27-21(28)18-7-2-14(10-19(18)22(27)29)23(30)31-12-15-9-13(11-26)1-8-20(15)25/h1-10H,12H2. The third kappa shape index (κ3) is 3.77. The summed E-state index contributed by atoms with van der Waals surface area (Å²) in [5.74, 6) is -2.50. The number of esters is 1. The molecule has 0 saturated carbocycles. The Bertz CT molecular complexity index is 1280. The molecule has 0 N–H and O–H groups in total. The minimum atomic E-state index is -0.797. The topological polar surface area (TPSA) is 87.5 Å². The van der Waals surface area contributed by atoms with Crippen LogP contribution in [0.5, 0.6) is 0 Å². The van der Waals surface area contributed by atoms with E-state index in [-0.39, 0.29) is 34.4 Å². The van der Waals surface area contributed by atoms with Crippen LogP contribution in [0.2, 0.25) is 5.02 Å². The molecule has 0 unspecified atom stereocenters. The van der Waals surface area contributed by atoms with Crippen molar-refractivity contribution in [2.45, 2.75) is 6.61 Å². The van der Waals surface area contributed by atoms with Gasteiger partial charge in [-0.15, -0.1) is 0 Å². The number of rotatable bonds is 4. The van der Waals surface area contributed by atoms with Crippen molar-refractivity contribution in [1.82, 2.24) is 0 Å². The molecule has 0 atom stereocenters. The van der Waals surface area contributed by atoms with Crippen molar-refractivity contribution in [2.24, 2.45) is 0 Å². The van der Waals surface area contributed by atoms with Gasteiger partial charge in [-0.3, -0.25) is 9.59 Å². The molecule has 0 radical (unpaired) electrons. The number of carbonyl (C=O) groups excluding carboxylic acids is 3. The van der Waals surface area contributed by atoms with E-state index in [1.165, 1.54) is 30.3 Å². The Morgan fingerprint density at radius 2 is 1.71 bits per heavy atom. The summed E-state index contributed by atoms with van der Waals surface area (Å²) in [5.41, 5.74) is 0.892. The number of benzene rings is 3. The normalized spacial score (nSPS) is 12.5. The van der Waals surface area contributed by atoms with Gasteiger partial charge in [-0.25, -0.2) is 14.1 Å². The maximum atomic E-state index is 13.9. The molecule has 0 aromatic heterocycles. The van der Waals surface area contributed by atoms with Crippen LogP contribution in [0.25, 0.3) is 0 Å². The molecule has 3 aromatic rings. The van der Waals surface area contributed by atoms with Gasteiger partial charge >= 0.3 is 5.97 Å². The molecule has 2 amide bonds. The van der Waals surface area contributed by atoms with E-state index in [1.807, 2.05) is 6.07 Å². The monoisotopic (exact) mass is 434 g/mol. The molecule has 4 rings (SSSR count). The summed E-state index contributed by atoms with van der Waals surface area (Å²) in [6.07, 6.45) is 0. The molecule has 0 aliphatic carbocycles. The summed E-state index contributed by atoms with van der Waals surface area (Å²) in [7, 11) is 0. The van der Waals surface area contributed by atoms with Crippen LogP contribution < -0.4 is 4.90 Å². The maximum Gasteiger partial charge on any atom is 0.338 e. The predicted octanol–water partition coefficient (Wildman–Crippen LogP) is 4.51. The highest BCUT2D eigenvalue weighted by Crippen LogP contribution is 2.30. The average Bonchev–Trinajstić information content (AvgIpc) is 3.03. The first kappa shape index (κ1) is 20.3. The van der Waals surface area contributed by atoms with Crippen LogP contribution >= 0.6 is 11.6 Å². The van der Waals surface area contributed by atoms with E-state index in [9.17, 15) is 18.8 Å². The van der Waals surface area contributed by atoms with E-state index < -0.39 is 23.6 Å². The predicted molar refractivity (Wildman–Crippen MR) is 109 cm³/mol. The highest BCUT2D eigenvalue weighted by molar-refractivity contribution is 6.35. The van der Waals surface area contributed by atoms with Crippen molar-refractivity contribution >= 4 is 35.1 Å². The first-order valence-electron chi connectivity index (χ1n) is 9.03. The average molecular weight is 435 g/mol. The van der Waals surface area contributed by atoms with Gasteiger partial charge in [0.15, 0.2) is 0 Å². The van der Waals surface area contributed by atoms with E-state index in [0.717, 1.165) is 11.0 Å². The fourth-order valence-corrected chi connectivity index (χ4v) is 3.30. The second kappa shape index (κ2) is 8.01. The second-order valence-corrected chi connectivity index (χ2v) is 7.11. The van der Waals surface area contributed by atoms with Crippen LogP contribution in [0.1, 0.15) is 42.2 Å².